The summed E-state index contributed by atoms with van der Waals surface area (Å²) >= 11 is 0. The lowest BCUT2D eigenvalue weighted by atomic mass is 9.90. The van der Waals surface area contributed by atoms with E-state index in [-0.39, 0.29) is 24.4 Å². The van der Waals surface area contributed by atoms with Crippen LogP contribution in [0.4, 0.5) is 13.2 Å². The fourth-order valence-corrected chi connectivity index (χ4v) is 4.34. The standard InChI is InChI=1S/C24H31F3N2O/c1-2-3-4-5-6-7-8-12-19-15-14-18-11-9-10-13-20(18)22(19)23(24(25,26)27)29-17-16-21(30)28-29/h9-11,13-15,23H,2-8,12,16-17H2,1H3,(H,28,30)/t23-/m0/s1. The lowest BCUT2D eigenvalue weighted by molar-refractivity contribution is -0.190. The number of alkyl halides is 3. The third kappa shape index (κ3) is 5.54. The van der Waals surface area contributed by atoms with E-state index in [9.17, 15) is 18.0 Å². The van der Waals surface area contributed by atoms with Gasteiger partial charge in [-0.15, -0.1) is 0 Å². The Balaban J connectivity index is 1.88. The van der Waals surface area contributed by atoms with Gasteiger partial charge < -0.3 is 0 Å². The number of aryl methyl sites for hydroxylation is 1. The highest BCUT2D eigenvalue weighted by Crippen LogP contribution is 2.42. The summed E-state index contributed by atoms with van der Waals surface area (Å²) in [5, 5.41) is 2.47. The molecule has 0 unspecified atom stereocenters. The molecule has 0 aromatic heterocycles. The summed E-state index contributed by atoms with van der Waals surface area (Å²) < 4.78 is 42.8. The van der Waals surface area contributed by atoms with Gasteiger partial charge in [0.1, 0.15) is 0 Å². The van der Waals surface area contributed by atoms with Gasteiger partial charge in [0.25, 0.3) is 0 Å². The average Bonchev–Trinajstić information content (AvgIpc) is 3.13. The van der Waals surface area contributed by atoms with Crippen LogP contribution in [0.2, 0.25) is 0 Å². The van der Waals surface area contributed by atoms with Crippen molar-refractivity contribution in [2.24, 2.45) is 0 Å². The number of hydrogen-bond donors (Lipinski definition) is 1. The summed E-state index contributed by atoms with van der Waals surface area (Å²) in [4.78, 5) is 11.7. The second-order valence-electron chi connectivity index (χ2n) is 8.15. The number of hydrogen-bond acceptors (Lipinski definition) is 2. The summed E-state index contributed by atoms with van der Waals surface area (Å²) in [7, 11) is 0. The normalized spacial score (nSPS) is 16.2. The molecule has 1 aliphatic rings. The second-order valence-corrected chi connectivity index (χ2v) is 8.15. The van der Waals surface area contributed by atoms with Crippen molar-refractivity contribution in [2.45, 2.75) is 76.9 Å². The first-order valence-electron chi connectivity index (χ1n) is 11.0. The van der Waals surface area contributed by atoms with Gasteiger partial charge in [-0.1, -0.05) is 81.8 Å². The van der Waals surface area contributed by atoms with Crippen LogP contribution in [0.25, 0.3) is 10.8 Å². The van der Waals surface area contributed by atoms with Crippen LogP contribution < -0.4 is 5.43 Å². The smallest absolute Gasteiger partial charge is 0.288 e. The maximum absolute atomic E-state index is 14.3. The fourth-order valence-electron chi connectivity index (χ4n) is 4.34. The summed E-state index contributed by atoms with van der Waals surface area (Å²) in [6, 6.07) is 9.12. The molecule has 1 heterocycles. The number of halogens is 3. The molecule has 1 saturated heterocycles. The molecule has 1 atom stereocenters. The van der Waals surface area contributed by atoms with E-state index in [0.717, 1.165) is 35.2 Å². The van der Waals surface area contributed by atoms with E-state index in [4.69, 9.17) is 0 Å². The number of unbranched alkanes of at least 4 members (excludes halogenated alkanes) is 6. The highest BCUT2D eigenvalue weighted by Gasteiger charge is 2.48. The molecule has 1 fully saturated rings. The van der Waals surface area contributed by atoms with Crippen LogP contribution in [0.15, 0.2) is 36.4 Å². The molecule has 30 heavy (non-hydrogen) atoms. The van der Waals surface area contributed by atoms with Crippen molar-refractivity contribution in [3.8, 4) is 0 Å². The van der Waals surface area contributed by atoms with E-state index in [2.05, 4.69) is 12.3 Å². The number of carbonyl (C=O) groups is 1. The number of carbonyl (C=O) groups excluding carboxylic acids is 1. The van der Waals surface area contributed by atoms with Gasteiger partial charge in [0.05, 0.1) is 0 Å². The topological polar surface area (TPSA) is 32.3 Å². The zero-order valence-corrected chi connectivity index (χ0v) is 17.6. The number of fused-ring (bicyclic) bond motifs is 1. The first-order chi connectivity index (χ1) is 14.4. The Bertz CT molecular complexity index is 850. The third-order valence-corrected chi connectivity index (χ3v) is 5.85. The molecule has 164 valence electrons. The molecule has 2 aromatic rings. The van der Waals surface area contributed by atoms with Crippen LogP contribution in [0.1, 0.15) is 75.5 Å². The molecule has 6 heteroatoms. The van der Waals surface area contributed by atoms with E-state index in [1.807, 2.05) is 24.3 Å². The fraction of sp³-hybridized carbons (Fsp3) is 0.542. The van der Waals surface area contributed by atoms with Crippen LogP contribution in [0.5, 0.6) is 0 Å². The SMILES string of the molecule is CCCCCCCCCc1ccc2ccccc2c1[C@H](N1CCC(=O)N1)C(F)(F)F. The molecule has 0 saturated carbocycles. The molecule has 3 rings (SSSR count). The van der Waals surface area contributed by atoms with Crippen LogP contribution >= 0.6 is 0 Å². The van der Waals surface area contributed by atoms with Crippen molar-refractivity contribution < 1.29 is 18.0 Å². The van der Waals surface area contributed by atoms with Crippen LogP contribution in [-0.2, 0) is 11.2 Å². The number of amides is 1. The minimum absolute atomic E-state index is 0.0586. The number of hydrazine groups is 1. The molecular weight excluding hydrogens is 389 g/mol. The number of benzene rings is 2. The van der Waals surface area contributed by atoms with Gasteiger partial charge >= 0.3 is 6.18 Å². The van der Waals surface area contributed by atoms with E-state index < -0.39 is 12.2 Å². The van der Waals surface area contributed by atoms with Gasteiger partial charge in [-0.05, 0) is 34.7 Å². The van der Waals surface area contributed by atoms with Crippen LogP contribution in [-0.4, -0.2) is 23.6 Å². The van der Waals surface area contributed by atoms with Gasteiger partial charge in [0, 0.05) is 13.0 Å². The Morgan fingerprint density at radius 3 is 2.37 bits per heavy atom. The Hall–Kier alpha value is -2.08. The Kier molecular flexibility index (Phi) is 7.75. The molecule has 2 aromatic carbocycles. The molecule has 1 aliphatic heterocycles. The number of nitrogens with zero attached hydrogens (tertiary/aromatic N) is 1. The molecule has 0 aliphatic carbocycles. The molecule has 0 bridgehead atoms. The highest BCUT2D eigenvalue weighted by molar-refractivity contribution is 5.87. The van der Waals surface area contributed by atoms with Crippen molar-refractivity contribution in [1.29, 1.82) is 0 Å². The van der Waals surface area contributed by atoms with E-state index in [1.54, 1.807) is 12.1 Å². The second kappa shape index (κ2) is 10.3. The predicted molar refractivity (Wildman–Crippen MR) is 114 cm³/mol. The molecule has 0 spiro atoms. The van der Waals surface area contributed by atoms with E-state index in [0.29, 0.717) is 11.8 Å². The quantitative estimate of drug-likeness (QED) is 0.447. The summed E-state index contributed by atoms with van der Waals surface area (Å²) in [5.41, 5.74) is 3.43. The third-order valence-electron chi connectivity index (χ3n) is 5.85. The van der Waals surface area contributed by atoms with E-state index >= 15 is 0 Å². The predicted octanol–water partition coefficient (Wildman–Crippen LogP) is 6.47. The van der Waals surface area contributed by atoms with Gasteiger partial charge in [0.15, 0.2) is 6.04 Å². The lowest BCUT2D eigenvalue weighted by Crippen LogP contribution is -2.44. The zero-order chi connectivity index (χ0) is 21.6. The lowest BCUT2D eigenvalue weighted by Gasteiger charge is -2.32. The van der Waals surface area contributed by atoms with Gasteiger partial charge in [0.2, 0.25) is 5.91 Å². The maximum atomic E-state index is 14.3. The van der Waals surface area contributed by atoms with Crippen molar-refractivity contribution in [3.63, 3.8) is 0 Å². The summed E-state index contributed by atoms with van der Waals surface area (Å²) in [5.74, 6) is -0.363. The Labute approximate surface area is 176 Å². The summed E-state index contributed by atoms with van der Waals surface area (Å²) in [6.45, 7) is 2.24. The van der Waals surface area contributed by atoms with Crippen LogP contribution in [0, 0.1) is 0 Å². The molecule has 1 N–H and O–H groups in total. The van der Waals surface area contributed by atoms with Gasteiger partial charge in [-0.25, -0.2) is 5.01 Å². The Morgan fingerprint density at radius 2 is 1.70 bits per heavy atom. The van der Waals surface area contributed by atoms with Gasteiger partial charge in [-0.3, -0.25) is 10.2 Å². The maximum Gasteiger partial charge on any atom is 0.409 e. The van der Waals surface area contributed by atoms with Gasteiger partial charge in [-0.2, -0.15) is 13.2 Å². The molecule has 3 nitrogen and oxygen atoms in total. The highest BCUT2D eigenvalue weighted by atomic mass is 19.4. The summed E-state index contributed by atoms with van der Waals surface area (Å²) in [6.07, 6.45) is 4.07. The largest absolute Gasteiger partial charge is 0.409 e. The first-order valence-corrected chi connectivity index (χ1v) is 11.0. The monoisotopic (exact) mass is 420 g/mol. The minimum atomic E-state index is -4.49. The average molecular weight is 421 g/mol. The minimum Gasteiger partial charge on any atom is -0.288 e. The molecular formula is C24H31F3N2O. The van der Waals surface area contributed by atoms with Crippen molar-refractivity contribution in [3.05, 3.63) is 47.5 Å². The zero-order valence-electron chi connectivity index (χ0n) is 17.6. The Morgan fingerprint density at radius 1 is 1.00 bits per heavy atom. The number of rotatable bonds is 10. The molecule has 1 amide bonds. The van der Waals surface area contributed by atoms with Crippen molar-refractivity contribution in [2.75, 3.05) is 6.54 Å². The van der Waals surface area contributed by atoms with Crippen molar-refractivity contribution in [1.82, 2.24) is 10.4 Å². The van der Waals surface area contributed by atoms with Crippen LogP contribution in [0.3, 0.4) is 0 Å². The first kappa shape index (κ1) is 22.6. The van der Waals surface area contributed by atoms with Crippen molar-refractivity contribution >= 4 is 16.7 Å². The number of nitrogens with one attached hydrogen (secondary N) is 1. The molecule has 0 radical (unpaired) electrons. The van der Waals surface area contributed by atoms with E-state index in [1.165, 1.54) is 25.7 Å².